The van der Waals surface area contributed by atoms with Gasteiger partial charge in [0.15, 0.2) is 0 Å². The number of carbonyl (C=O) groups excluding carboxylic acids is 1. The minimum atomic E-state index is -0.284. The van der Waals surface area contributed by atoms with E-state index in [9.17, 15) is 4.79 Å². The van der Waals surface area contributed by atoms with E-state index in [1.807, 2.05) is 18.2 Å². The number of methoxy groups -OCH3 is 2. The standard InChI is InChI=1S/C20H26N4O3/c1-26-16-8-5-7-15(13-16)18(24-11-3-4-12-24)14-22-20(25)23-17-9-6-10-21-19(17)27-2/h5-10,13,18H,3-4,11-12,14H2,1-2H3,(H2,22,23,25)/t18-/m1/s1. The minimum Gasteiger partial charge on any atom is -0.497 e. The third-order valence-corrected chi connectivity index (χ3v) is 4.73. The van der Waals surface area contributed by atoms with Gasteiger partial charge in [0.25, 0.3) is 0 Å². The molecule has 0 radical (unpaired) electrons. The molecule has 3 rings (SSSR count). The minimum absolute atomic E-state index is 0.101. The second kappa shape index (κ2) is 9.23. The summed E-state index contributed by atoms with van der Waals surface area (Å²) in [5.41, 5.74) is 1.67. The summed E-state index contributed by atoms with van der Waals surface area (Å²) in [5, 5.41) is 5.78. The maximum absolute atomic E-state index is 12.4. The zero-order chi connectivity index (χ0) is 19.1. The highest BCUT2D eigenvalue weighted by molar-refractivity contribution is 5.90. The van der Waals surface area contributed by atoms with Crippen LogP contribution < -0.4 is 20.1 Å². The molecule has 7 heteroatoms. The number of hydrogen-bond donors (Lipinski definition) is 2. The van der Waals surface area contributed by atoms with Crippen molar-refractivity contribution in [3.8, 4) is 11.6 Å². The number of amides is 2. The highest BCUT2D eigenvalue weighted by atomic mass is 16.5. The van der Waals surface area contributed by atoms with Gasteiger partial charge in [-0.25, -0.2) is 9.78 Å². The number of aromatic nitrogens is 1. The summed E-state index contributed by atoms with van der Waals surface area (Å²) in [6, 6.07) is 11.4. The first-order valence-corrected chi connectivity index (χ1v) is 9.13. The van der Waals surface area contributed by atoms with E-state index in [0.717, 1.165) is 24.4 Å². The molecule has 2 N–H and O–H groups in total. The number of pyridine rings is 1. The van der Waals surface area contributed by atoms with E-state index in [1.54, 1.807) is 25.4 Å². The van der Waals surface area contributed by atoms with Gasteiger partial charge in [-0.3, -0.25) is 4.90 Å². The SMILES string of the molecule is COc1cccc([C@@H](CNC(=O)Nc2cccnc2OC)N2CCCC2)c1. The summed E-state index contributed by atoms with van der Waals surface area (Å²) in [5.74, 6) is 1.21. The maximum atomic E-state index is 12.4. The number of nitrogens with one attached hydrogen (secondary N) is 2. The Morgan fingerprint density at radius 3 is 2.74 bits per heavy atom. The van der Waals surface area contributed by atoms with Gasteiger partial charge >= 0.3 is 6.03 Å². The molecule has 0 saturated carbocycles. The van der Waals surface area contributed by atoms with Crippen molar-refractivity contribution in [2.24, 2.45) is 0 Å². The van der Waals surface area contributed by atoms with Crippen molar-refractivity contribution < 1.29 is 14.3 Å². The molecule has 1 aromatic heterocycles. The Bertz CT molecular complexity index is 762. The molecule has 1 saturated heterocycles. The zero-order valence-electron chi connectivity index (χ0n) is 15.8. The van der Waals surface area contributed by atoms with Gasteiger partial charge in [0.2, 0.25) is 5.88 Å². The van der Waals surface area contributed by atoms with E-state index in [4.69, 9.17) is 9.47 Å². The van der Waals surface area contributed by atoms with Gasteiger partial charge in [-0.15, -0.1) is 0 Å². The fourth-order valence-electron chi connectivity index (χ4n) is 3.36. The van der Waals surface area contributed by atoms with Crippen LogP contribution in [-0.4, -0.2) is 49.8 Å². The second-order valence-electron chi connectivity index (χ2n) is 6.43. The van der Waals surface area contributed by atoms with E-state index in [0.29, 0.717) is 18.1 Å². The number of benzene rings is 1. The van der Waals surface area contributed by atoms with E-state index >= 15 is 0 Å². The highest BCUT2D eigenvalue weighted by Gasteiger charge is 2.24. The molecule has 1 aromatic carbocycles. The number of rotatable bonds is 7. The van der Waals surface area contributed by atoms with Gasteiger partial charge in [0.1, 0.15) is 11.4 Å². The van der Waals surface area contributed by atoms with E-state index in [2.05, 4.69) is 26.6 Å². The molecule has 7 nitrogen and oxygen atoms in total. The van der Waals surface area contributed by atoms with Crippen LogP contribution >= 0.6 is 0 Å². The Balaban J connectivity index is 1.68. The summed E-state index contributed by atoms with van der Waals surface area (Å²) in [7, 11) is 3.19. The van der Waals surface area contributed by atoms with Crippen LogP contribution in [0, 0.1) is 0 Å². The quantitative estimate of drug-likeness (QED) is 0.783. The van der Waals surface area contributed by atoms with Crippen molar-refractivity contribution in [1.29, 1.82) is 0 Å². The van der Waals surface area contributed by atoms with Crippen LogP contribution in [0.5, 0.6) is 11.6 Å². The molecular formula is C20H26N4O3. The number of nitrogens with zero attached hydrogens (tertiary/aromatic N) is 2. The lowest BCUT2D eigenvalue weighted by atomic mass is 10.1. The van der Waals surface area contributed by atoms with Gasteiger partial charge < -0.3 is 20.1 Å². The Labute approximate surface area is 159 Å². The van der Waals surface area contributed by atoms with Crippen molar-refractivity contribution in [2.75, 3.05) is 39.2 Å². The lowest BCUT2D eigenvalue weighted by molar-refractivity contribution is 0.227. The summed E-state index contributed by atoms with van der Waals surface area (Å²) in [6.07, 6.45) is 3.98. The smallest absolute Gasteiger partial charge is 0.319 e. The fraction of sp³-hybridized carbons (Fsp3) is 0.400. The van der Waals surface area contributed by atoms with Crippen LogP contribution in [0.15, 0.2) is 42.6 Å². The van der Waals surface area contributed by atoms with Gasteiger partial charge in [-0.05, 0) is 55.8 Å². The normalized spacial score (nSPS) is 15.2. The molecular weight excluding hydrogens is 344 g/mol. The first-order valence-electron chi connectivity index (χ1n) is 9.13. The van der Waals surface area contributed by atoms with E-state index in [1.165, 1.54) is 20.0 Å². The van der Waals surface area contributed by atoms with Crippen LogP contribution in [0.1, 0.15) is 24.4 Å². The Morgan fingerprint density at radius 2 is 2.00 bits per heavy atom. The molecule has 1 aliphatic rings. The van der Waals surface area contributed by atoms with Crippen molar-refractivity contribution in [2.45, 2.75) is 18.9 Å². The largest absolute Gasteiger partial charge is 0.497 e. The van der Waals surface area contributed by atoms with Crippen molar-refractivity contribution in [3.05, 3.63) is 48.2 Å². The van der Waals surface area contributed by atoms with Crippen LogP contribution in [0.4, 0.5) is 10.5 Å². The number of anilines is 1. The van der Waals surface area contributed by atoms with Gasteiger partial charge in [-0.1, -0.05) is 12.1 Å². The molecule has 1 atom stereocenters. The molecule has 2 heterocycles. The fourth-order valence-corrected chi connectivity index (χ4v) is 3.36. The highest BCUT2D eigenvalue weighted by Crippen LogP contribution is 2.27. The maximum Gasteiger partial charge on any atom is 0.319 e. The van der Waals surface area contributed by atoms with E-state index < -0.39 is 0 Å². The zero-order valence-corrected chi connectivity index (χ0v) is 15.8. The average Bonchev–Trinajstić information content (AvgIpc) is 3.23. The molecule has 144 valence electrons. The number of carbonyl (C=O) groups is 1. The predicted octanol–water partition coefficient (Wildman–Crippen LogP) is 3.06. The number of urea groups is 1. The summed E-state index contributed by atoms with van der Waals surface area (Å²) >= 11 is 0. The Hall–Kier alpha value is -2.80. The first kappa shape index (κ1) is 19.0. The van der Waals surface area contributed by atoms with Crippen molar-refractivity contribution in [3.63, 3.8) is 0 Å². The third kappa shape index (κ3) is 4.89. The monoisotopic (exact) mass is 370 g/mol. The topological polar surface area (TPSA) is 75.7 Å². The summed E-state index contributed by atoms with van der Waals surface area (Å²) in [6.45, 7) is 2.56. The number of likely N-dealkylation sites (tertiary alicyclic amines) is 1. The van der Waals surface area contributed by atoms with Gasteiger partial charge in [-0.2, -0.15) is 0 Å². The van der Waals surface area contributed by atoms with Crippen molar-refractivity contribution >= 4 is 11.7 Å². The molecule has 2 amide bonds. The van der Waals surface area contributed by atoms with Gasteiger partial charge in [0.05, 0.1) is 20.3 Å². The van der Waals surface area contributed by atoms with Crippen LogP contribution in [0.25, 0.3) is 0 Å². The second-order valence-corrected chi connectivity index (χ2v) is 6.43. The van der Waals surface area contributed by atoms with Crippen LogP contribution in [0.3, 0.4) is 0 Å². The first-order chi connectivity index (χ1) is 13.2. The molecule has 1 aliphatic heterocycles. The average molecular weight is 370 g/mol. The lowest BCUT2D eigenvalue weighted by Crippen LogP contribution is -2.38. The predicted molar refractivity (Wildman–Crippen MR) is 104 cm³/mol. The van der Waals surface area contributed by atoms with Crippen LogP contribution in [0.2, 0.25) is 0 Å². The third-order valence-electron chi connectivity index (χ3n) is 4.73. The molecule has 0 aliphatic carbocycles. The van der Waals surface area contributed by atoms with Crippen molar-refractivity contribution in [1.82, 2.24) is 15.2 Å². The molecule has 0 spiro atoms. The summed E-state index contributed by atoms with van der Waals surface area (Å²) < 4.78 is 10.5. The molecule has 0 unspecified atom stereocenters. The number of hydrogen-bond acceptors (Lipinski definition) is 5. The van der Waals surface area contributed by atoms with Crippen LogP contribution in [-0.2, 0) is 0 Å². The number of ether oxygens (including phenoxy) is 2. The Kier molecular flexibility index (Phi) is 6.49. The Morgan fingerprint density at radius 1 is 1.19 bits per heavy atom. The molecule has 2 aromatic rings. The van der Waals surface area contributed by atoms with Gasteiger partial charge in [0, 0.05) is 12.7 Å². The summed E-state index contributed by atoms with van der Waals surface area (Å²) in [4.78, 5) is 18.9. The molecule has 1 fully saturated rings. The molecule has 27 heavy (non-hydrogen) atoms. The molecule has 0 bridgehead atoms. The van der Waals surface area contributed by atoms with E-state index in [-0.39, 0.29) is 12.1 Å². The lowest BCUT2D eigenvalue weighted by Gasteiger charge is -2.28.